The lowest BCUT2D eigenvalue weighted by Gasteiger charge is -2.30. The highest BCUT2D eigenvalue weighted by molar-refractivity contribution is 5.85. The van der Waals surface area contributed by atoms with Crippen LogP contribution in [0.4, 0.5) is 0 Å². The van der Waals surface area contributed by atoms with Crippen molar-refractivity contribution in [1.82, 2.24) is 10.6 Å². The number of carbonyl (C=O) groups is 1. The molecule has 0 aromatic heterocycles. The largest absolute Gasteiger partial charge is 0.362 e. The summed E-state index contributed by atoms with van der Waals surface area (Å²) >= 11 is 0. The van der Waals surface area contributed by atoms with E-state index in [-0.39, 0.29) is 31.0 Å². The average Bonchev–Trinajstić information content (AvgIpc) is 2.40. The van der Waals surface area contributed by atoms with Crippen molar-refractivity contribution in [3.63, 3.8) is 0 Å². The first kappa shape index (κ1) is 14.3. The Labute approximate surface area is 119 Å². The number of rotatable bonds is 1. The van der Waals surface area contributed by atoms with Crippen molar-refractivity contribution in [2.24, 2.45) is 0 Å². The van der Waals surface area contributed by atoms with Crippen molar-refractivity contribution >= 4 is 18.3 Å². The quantitative estimate of drug-likeness (QED) is 0.821. The Morgan fingerprint density at radius 2 is 2.11 bits per heavy atom. The smallest absolute Gasteiger partial charge is 0.246 e. The van der Waals surface area contributed by atoms with Gasteiger partial charge in [-0.15, -0.1) is 12.4 Å². The predicted octanol–water partition coefficient (Wildman–Crippen LogP) is 1.50. The van der Waals surface area contributed by atoms with Crippen LogP contribution in [0, 0.1) is 0 Å². The van der Waals surface area contributed by atoms with Crippen molar-refractivity contribution in [1.29, 1.82) is 0 Å². The first-order valence-corrected chi connectivity index (χ1v) is 6.49. The van der Waals surface area contributed by atoms with Gasteiger partial charge in [0.15, 0.2) is 0 Å². The van der Waals surface area contributed by atoms with E-state index in [0.29, 0.717) is 12.6 Å². The van der Waals surface area contributed by atoms with Crippen LogP contribution in [0.1, 0.15) is 35.8 Å². The van der Waals surface area contributed by atoms with E-state index in [0.717, 1.165) is 13.0 Å². The first-order chi connectivity index (χ1) is 8.75. The van der Waals surface area contributed by atoms with Gasteiger partial charge in [0.1, 0.15) is 12.7 Å². The van der Waals surface area contributed by atoms with Gasteiger partial charge in [-0.25, -0.2) is 0 Å². The van der Waals surface area contributed by atoms with Crippen LogP contribution >= 0.6 is 12.4 Å². The second kappa shape index (κ2) is 5.90. The summed E-state index contributed by atoms with van der Waals surface area (Å²) in [5.74, 6) is -0.0221. The Hall–Kier alpha value is -1.10. The zero-order valence-electron chi connectivity index (χ0n) is 10.9. The number of ether oxygens (including phenoxy) is 1. The molecule has 0 aliphatic carbocycles. The summed E-state index contributed by atoms with van der Waals surface area (Å²) in [7, 11) is 0. The van der Waals surface area contributed by atoms with Crippen molar-refractivity contribution < 1.29 is 9.53 Å². The monoisotopic (exact) mass is 282 g/mol. The summed E-state index contributed by atoms with van der Waals surface area (Å²) in [6.45, 7) is 3.94. The number of amides is 1. The second-order valence-electron chi connectivity index (χ2n) is 4.94. The molecule has 1 aromatic carbocycles. The third kappa shape index (κ3) is 2.76. The summed E-state index contributed by atoms with van der Waals surface area (Å²) in [5.41, 5.74) is 3.99. The molecule has 0 spiro atoms. The van der Waals surface area contributed by atoms with E-state index in [1.807, 2.05) is 0 Å². The Kier molecular flexibility index (Phi) is 4.45. The molecule has 1 amide bonds. The Morgan fingerprint density at radius 1 is 1.32 bits per heavy atom. The molecule has 2 N–H and O–H groups in total. The van der Waals surface area contributed by atoms with Gasteiger partial charge in [-0.3, -0.25) is 4.79 Å². The molecule has 2 aliphatic rings. The molecule has 5 heteroatoms. The standard InChI is InChI=1S/C14H18N2O2.ClH/c1-9-10-3-2-4-12(11(10)5-6-15-9)13-7-16-14(17)8-18-13;/h2-4,9,13,15H,5-8H2,1H3,(H,16,17);1H/t9-,13?;/m0./s1. The van der Waals surface area contributed by atoms with Gasteiger partial charge >= 0.3 is 0 Å². The maximum atomic E-state index is 11.1. The summed E-state index contributed by atoms with van der Waals surface area (Å²) in [6.07, 6.45) is 1.03. The zero-order chi connectivity index (χ0) is 12.5. The molecule has 1 aromatic rings. The second-order valence-corrected chi connectivity index (χ2v) is 4.94. The molecule has 3 rings (SSSR count). The molecular formula is C14H19ClN2O2. The third-order valence-electron chi connectivity index (χ3n) is 3.79. The number of carbonyl (C=O) groups excluding carboxylic acids is 1. The number of morpholine rings is 1. The topological polar surface area (TPSA) is 50.4 Å². The van der Waals surface area contributed by atoms with Crippen LogP contribution in [0.2, 0.25) is 0 Å². The van der Waals surface area contributed by atoms with Gasteiger partial charge in [0.2, 0.25) is 5.91 Å². The summed E-state index contributed by atoms with van der Waals surface area (Å²) in [4.78, 5) is 11.1. The lowest BCUT2D eigenvalue weighted by atomic mass is 9.89. The van der Waals surface area contributed by atoms with Gasteiger partial charge in [0, 0.05) is 12.6 Å². The molecule has 1 saturated heterocycles. The minimum absolute atomic E-state index is 0. The molecule has 0 saturated carbocycles. The highest BCUT2D eigenvalue weighted by Crippen LogP contribution is 2.30. The molecule has 4 nitrogen and oxygen atoms in total. The molecule has 0 radical (unpaired) electrons. The number of halogens is 1. The number of hydrogen-bond acceptors (Lipinski definition) is 3. The van der Waals surface area contributed by atoms with Crippen LogP contribution in [0.5, 0.6) is 0 Å². The maximum absolute atomic E-state index is 11.1. The van der Waals surface area contributed by atoms with E-state index >= 15 is 0 Å². The van der Waals surface area contributed by atoms with Gasteiger partial charge in [-0.2, -0.15) is 0 Å². The van der Waals surface area contributed by atoms with Crippen LogP contribution in [0.3, 0.4) is 0 Å². The normalized spacial score (nSPS) is 26.1. The molecule has 2 aliphatic heterocycles. The lowest BCUT2D eigenvalue weighted by Crippen LogP contribution is -2.39. The van der Waals surface area contributed by atoms with Gasteiger partial charge < -0.3 is 15.4 Å². The molecule has 0 bridgehead atoms. The van der Waals surface area contributed by atoms with E-state index < -0.39 is 0 Å². The minimum atomic E-state index is -0.0221. The van der Waals surface area contributed by atoms with E-state index in [4.69, 9.17) is 4.74 Å². The van der Waals surface area contributed by atoms with Crippen molar-refractivity contribution in [3.8, 4) is 0 Å². The number of benzene rings is 1. The van der Waals surface area contributed by atoms with Crippen LogP contribution in [-0.2, 0) is 16.0 Å². The SMILES string of the molecule is C[C@@H]1NCCc2c(C3CNC(=O)CO3)cccc21.Cl. The number of nitrogens with one attached hydrogen (secondary N) is 2. The van der Waals surface area contributed by atoms with Crippen molar-refractivity contribution in [2.45, 2.75) is 25.5 Å². The number of hydrogen-bond donors (Lipinski definition) is 2. The first-order valence-electron chi connectivity index (χ1n) is 6.49. The lowest BCUT2D eigenvalue weighted by molar-refractivity contribution is -0.133. The minimum Gasteiger partial charge on any atom is -0.362 e. The molecule has 2 atom stereocenters. The van der Waals surface area contributed by atoms with Crippen LogP contribution in [0.25, 0.3) is 0 Å². The van der Waals surface area contributed by atoms with Crippen molar-refractivity contribution in [3.05, 3.63) is 34.9 Å². The van der Waals surface area contributed by atoms with Crippen molar-refractivity contribution in [2.75, 3.05) is 19.7 Å². The molecule has 104 valence electrons. The molecular weight excluding hydrogens is 264 g/mol. The zero-order valence-corrected chi connectivity index (χ0v) is 11.8. The van der Waals surface area contributed by atoms with Gasteiger partial charge in [-0.05, 0) is 36.6 Å². The highest BCUT2D eigenvalue weighted by atomic mass is 35.5. The van der Waals surface area contributed by atoms with Crippen LogP contribution in [-0.4, -0.2) is 25.6 Å². The highest BCUT2D eigenvalue weighted by Gasteiger charge is 2.25. The van der Waals surface area contributed by atoms with E-state index in [9.17, 15) is 4.79 Å². The third-order valence-corrected chi connectivity index (χ3v) is 3.79. The summed E-state index contributed by atoms with van der Waals surface area (Å²) < 4.78 is 5.65. The summed E-state index contributed by atoms with van der Waals surface area (Å²) in [5, 5.41) is 6.33. The number of fused-ring (bicyclic) bond motifs is 1. The van der Waals surface area contributed by atoms with Gasteiger partial charge in [0.05, 0.1) is 0 Å². The fourth-order valence-corrected chi connectivity index (χ4v) is 2.84. The summed E-state index contributed by atoms with van der Waals surface area (Å²) in [6, 6.07) is 6.78. The van der Waals surface area contributed by atoms with Gasteiger partial charge in [0.25, 0.3) is 0 Å². The Bertz CT molecular complexity index is 469. The molecule has 1 unspecified atom stereocenters. The van der Waals surface area contributed by atoms with E-state index in [1.165, 1.54) is 16.7 Å². The molecule has 19 heavy (non-hydrogen) atoms. The predicted molar refractivity (Wildman–Crippen MR) is 75.5 cm³/mol. The average molecular weight is 283 g/mol. The van der Waals surface area contributed by atoms with E-state index in [2.05, 4.69) is 35.8 Å². The fourth-order valence-electron chi connectivity index (χ4n) is 2.84. The molecule has 1 fully saturated rings. The fraction of sp³-hybridized carbons (Fsp3) is 0.500. The molecule has 2 heterocycles. The van der Waals surface area contributed by atoms with E-state index in [1.54, 1.807) is 0 Å². The van der Waals surface area contributed by atoms with Gasteiger partial charge in [-0.1, -0.05) is 18.2 Å². The Morgan fingerprint density at radius 3 is 2.84 bits per heavy atom. The Balaban J connectivity index is 0.00000133. The maximum Gasteiger partial charge on any atom is 0.246 e. The van der Waals surface area contributed by atoms with Crippen LogP contribution in [0.15, 0.2) is 18.2 Å². The van der Waals surface area contributed by atoms with Crippen LogP contribution < -0.4 is 10.6 Å².